The van der Waals surface area contributed by atoms with Crippen LogP contribution in [0.1, 0.15) is 17.7 Å². The van der Waals surface area contributed by atoms with E-state index in [4.69, 9.17) is 16.3 Å². The van der Waals surface area contributed by atoms with Gasteiger partial charge in [0, 0.05) is 10.9 Å². The summed E-state index contributed by atoms with van der Waals surface area (Å²) in [4.78, 5) is 3.63. The lowest BCUT2D eigenvalue weighted by Crippen LogP contribution is -1.99. The first kappa shape index (κ1) is 11.7. The van der Waals surface area contributed by atoms with Crippen molar-refractivity contribution in [2.24, 2.45) is 0 Å². The molecule has 0 atom stereocenters. The molecule has 14 heavy (non-hydrogen) atoms. The molecule has 0 aliphatic heterocycles. The molecule has 0 spiro atoms. The van der Waals surface area contributed by atoms with E-state index in [9.17, 15) is 8.78 Å². The van der Waals surface area contributed by atoms with Crippen LogP contribution in [0.25, 0.3) is 0 Å². The first-order valence-corrected chi connectivity index (χ1v) is 5.17. The van der Waals surface area contributed by atoms with Crippen molar-refractivity contribution in [3.8, 4) is 5.88 Å². The third kappa shape index (κ3) is 2.33. The second kappa shape index (κ2) is 4.89. The fourth-order valence-electron chi connectivity index (χ4n) is 0.949. The molecule has 0 amide bonds. The van der Waals surface area contributed by atoms with Gasteiger partial charge in [-0.3, -0.25) is 0 Å². The fourth-order valence-corrected chi connectivity index (χ4v) is 1.61. The van der Waals surface area contributed by atoms with Gasteiger partial charge in [-0.1, -0.05) is 27.5 Å². The number of rotatable bonds is 3. The standard InChI is InChI=1S/C8H7BrClF2NO/c1-14-8-4(3-9)2-5(10)6(13-8)7(11)12/h2,7H,3H2,1H3. The van der Waals surface area contributed by atoms with E-state index in [0.717, 1.165) is 0 Å². The number of ether oxygens (including phenoxy) is 1. The Balaban J connectivity index is 3.23. The highest BCUT2D eigenvalue weighted by molar-refractivity contribution is 9.08. The summed E-state index contributed by atoms with van der Waals surface area (Å²) < 4.78 is 29.6. The van der Waals surface area contributed by atoms with E-state index >= 15 is 0 Å². The van der Waals surface area contributed by atoms with E-state index in [1.807, 2.05) is 0 Å². The van der Waals surface area contributed by atoms with Gasteiger partial charge < -0.3 is 4.74 Å². The zero-order valence-corrected chi connectivity index (χ0v) is 9.57. The van der Waals surface area contributed by atoms with Crippen LogP contribution < -0.4 is 4.74 Å². The second-order valence-electron chi connectivity index (χ2n) is 2.46. The van der Waals surface area contributed by atoms with Crippen LogP contribution in [0.15, 0.2) is 6.07 Å². The van der Waals surface area contributed by atoms with Crippen LogP contribution in [-0.2, 0) is 5.33 Å². The summed E-state index contributed by atoms with van der Waals surface area (Å²) in [5.74, 6) is 0.168. The zero-order chi connectivity index (χ0) is 10.7. The molecule has 1 rings (SSSR count). The van der Waals surface area contributed by atoms with Gasteiger partial charge in [0.15, 0.2) is 0 Å². The van der Waals surface area contributed by atoms with Crippen molar-refractivity contribution in [1.82, 2.24) is 4.98 Å². The molecule has 0 saturated carbocycles. The van der Waals surface area contributed by atoms with Crippen molar-refractivity contribution in [3.63, 3.8) is 0 Å². The topological polar surface area (TPSA) is 22.1 Å². The maximum atomic E-state index is 12.4. The van der Waals surface area contributed by atoms with E-state index < -0.39 is 12.1 Å². The first-order valence-electron chi connectivity index (χ1n) is 3.67. The summed E-state index contributed by atoms with van der Waals surface area (Å²) in [6.45, 7) is 0. The molecule has 1 heterocycles. The van der Waals surface area contributed by atoms with E-state index in [-0.39, 0.29) is 10.9 Å². The molecule has 0 N–H and O–H groups in total. The summed E-state index contributed by atoms with van der Waals surface area (Å²) in [5.41, 5.74) is 0.190. The average molecular weight is 287 g/mol. The normalized spacial score (nSPS) is 10.7. The molecule has 0 unspecified atom stereocenters. The number of alkyl halides is 3. The molecule has 6 heteroatoms. The van der Waals surface area contributed by atoms with Crippen LogP contribution >= 0.6 is 27.5 Å². The predicted octanol–water partition coefficient (Wildman–Crippen LogP) is 3.58. The van der Waals surface area contributed by atoms with E-state index in [0.29, 0.717) is 10.9 Å². The Hall–Kier alpha value is -0.420. The van der Waals surface area contributed by atoms with E-state index in [1.54, 1.807) is 0 Å². The van der Waals surface area contributed by atoms with Crippen molar-refractivity contribution in [1.29, 1.82) is 0 Å². The molecule has 1 aromatic rings. The molecule has 0 fully saturated rings. The predicted molar refractivity (Wildman–Crippen MR) is 53.4 cm³/mol. The van der Waals surface area contributed by atoms with Gasteiger partial charge in [0.25, 0.3) is 6.43 Å². The minimum atomic E-state index is -2.69. The molecule has 0 saturated heterocycles. The van der Waals surface area contributed by atoms with Crippen LogP contribution in [0.5, 0.6) is 5.88 Å². The first-order chi connectivity index (χ1) is 6.60. The minimum absolute atomic E-state index is 0.0461. The van der Waals surface area contributed by atoms with Gasteiger partial charge >= 0.3 is 0 Å². The third-order valence-electron chi connectivity index (χ3n) is 1.59. The summed E-state index contributed by atoms with van der Waals surface area (Å²) in [6, 6.07) is 1.42. The quantitative estimate of drug-likeness (QED) is 0.792. The fraction of sp³-hybridized carbons (Fsp3) is 0.375. The highest BCUT2D eigenvalue weighted by Crippen LogP contribution is 2.30. The Morgan fingerprint density at radius 2 is 2.29 bits per heavy atom. The van der Waals surface area contributed by atoms with Crippen molar-refractivity contribution < 1.29 is 13.5 Å². The monoisotopic (exact) mass is 285 g/mol. The number of aromatic nitrogens is 1. The lowest BCUT2D eigenvalue weighted by molar-refractivity contribution is 0.145. The van der Waals surface area contributed by atoms with Gasteiger partial charge in [-0.15, -0.1) is 0 Å². The molecule has 78 valence electrons. The molecule has 0 aliphatic carbocycles. The lowest BCUT2D eigenvalue weighted by atomic mass is 10.2. The number of hydrogen-bond donors (Lipinski definition) is 0. The summed E-state index contributed by atoms with van der Waals surface area (Å²) in [6.07, 6.45) is -2.69. The largest absolute Gasteiger partial charge is 0.481 e. The van der Waals surface area contributed by atoms with Gasteiger partial charge in [0.1, 0.15) is 5.69 Å². The van der Waals surface area contributed by atoms with Gasteiger partial charge in [-0.05, 0) is 6.07 Å². The van der Waals surface area contributed by atoms with Gasteiger partial charge in [0.2, 0.25) is 5.88 Å². The maximum absolute atomic E-state index is 12.4. The van der Waals surface area contributed by atoms with E-state index in [1.165, 1.54) is 13.2 Å². The Labute approximate surface area is 93.4 Å². The highest BCUT2D eigenvalue weighted by Gasteiger charge is 2.17. The summed E-state index contributed by atoms with van der Waals surface area (Å²) in [5, 5.41) is 0.405. The van der Waals surface area contributed by atoms with Crippen LogP contribution in [-0.4, -0.2) is 12.1 Å². The Morgan fingerprint density at radius 1 is 1.64 bits per heavy atom. The summed E-state index contributed by atoms with van der Waals surface area (Å²) >= 11 is 8.79. The van der Waals surface area contributed by atoms with Crippen LogP contribution in [0.4, 0.5) is 8.78 Å². The van der Waals surface area contributed by atoms with Crippen LogP contribution in [0, 0.1) is 0 Å². The number of methoxy groups -OCH3 is 1. The molecule has 0 aromatic carbocycles. The van der Waals surface area contributed by atoms with Gasteiger partial charge in [-0.25, -0.2) is 13.8 Å². The van der Waals surface area contributed by atoms with Crippen molar-refractivity contribution >= 4 is 27.5 Å². The van der Waals surface area contributed by atoms with Crippen LogP contribution in [0.2, 0.25) is 5.02 Å². The minimum Gasteiger partial charge on any atom is -0.481 e. The average Bonchev–Trinajstić information content (AvgIpc) is 2.16. The second-order valence-corrected chi connectivity index (χ2v) is 3.43. The number of nitrogens with zero attached hydrogens (tertiary/aromatic N) is 1. The van der Waals surface area contributed by atoms with Crippen molar-refractivity contribution in [3.05, 3.63) is 22.3 Å². The van der Waals surface area contributed by atoms with E-state index in [2.05, 4.69) is 20.9 Å². The summed E-state index contributed by atoms with van der Waals surface area (Å²) in [7, 11) is 1.37. The van der Waals surface area contributed by atoms with Crippen LogP contribution in [0.3, 0.4) is 0 Å². The maximum Gasteiger partial charge on any atom is 0.281 e. The Kier molecular flexibility index (Phi) is 4.07. The Morgan fingerprint density at radius 3 is 2.71 bits per heavy atom. The van der Waals surface area contributed by atoms with Gasteiger partial charge in [0.05, 0.1) is 12.1 Å². The number of halogens is 4. The van der Waals surface area contributed by atoms with Gasteiger partial charge in [-0.2, -0.15) is 0 Å². The molecule has 0 aliphatic rings. The molecular formula is C8H7BrClF2NO. The smallest absolute Gasteiger partial charge is 0.281 e. The lowest BCUT2D eigenvalue weighted by Gasteiger charge is -2.08. The number of hydrogen-bond acceptors (Lipinski definition) is 2. The molecule has 1 aromatic heterocycles. The SMILES string of the molecule is COc1nc(C(F)F)c(Cl)cc1CBr. The zero-order valence-electron chi connectivity index (χ0n) is 7.23. The number of pyridine rings is 1. The molecule has 0 bridgehead atoms. The molecule has 0 radical (unpaired) electrons. The van der Waals surface area contributed by atoms with Crippen molar-refractivity contribution in [2.75, 3.05) is 7.11 Å². The Bertz CT molecular complexity index is 335. The molecule has 2 nitrogen and oxygen atoms in total. The van der Waals surface area contributed by atoms with Crippen molar-refractivity contribution in [2.45, 2.75) is 11.8 Å². The third-order valence-corrected chi connectivity index (χ3v) is 2.49. The highest BCUT2D eigenvalue weighted by atomic mass is 79.9. The molecular weight excluding hydrogens is 279 g/mol.